The highest BCUT2D eigenvalue weighted by Gasteiger charge is 2.23. The van der Waals surface area contributed by atoms with E-state index in [1.54, 1.807) is 12.1 Å². The molecule has 3 amide bonds. The summed E-state index contributed by atoms with van der Waals surface area (Å²) < 4.78 is 0. The van der Waals surface area contributed by atoms with E-state index < -0.39 is 0 Å². The number of primary amides is 1. The summed E-state index contributed by atoms with van der Waals surface area (Å²) in [5.41, 5.74) is 8.90. The lowest BCUT2D eigenvalue weighted by Gasteiger charge is -2.31. The number of hydrogen-bond acceptors (Lipinski definition) is 4. The average molecular weight is 409 g/mol. The third-order valence-electron chi connectivity index (χ3n) is 5.19. The molecule has 1 saturated heterocycles. The minimum atomic E-state index is -0.220. The van der Waals surface area contributed by atoms with Crippen LogP contribution in [-0.4, -0.2) is 35.7 Å². The lowest BCUT2D eigenvalue weighted by atomic mass is 9.97. The van der Waals surface area contributed by atoms with Crippen molar-refractivity contribution in [3.05, 3.63) is 59.7 Å². The Kier molecular flexibility index (Phi) is 7.19. The van der Waals surface area contributed by atoms with Gasteiger partial charge in [0, 0.05) is 31.4 Å². The van der Waals surface area contributed by atoms with Crippen LogP contribution in [0.2, 0.25) is 0 Å². The van der Waals surface area contributed by atoms with Gasteiger partial charge in [0.1, 0.15) is 0 Å². The van der Waals surface area contributed by atoms with Gasteiger partial charge in [0.05, 0.1) is 12.3 Å². The zero-order valence-corrected chi connectivity index (χ0v) is 17.2. The van der Waals surface area contributed by atoms with Gasteiger partial charge >= 0.3 is 0 Å². The molecule has 1 aliphatic rings. The van der Waals surface area contributed by atoms with Crippen LogP contribution in [0, 0.1) is 5.92 Å². The smallest absolute Gasteiger partial charge is 0.228 e. The van der Waals surface area contributed by atoms with Crippen LogP contribution in [-0.2, 0) is 27.3 Å². The summed E-state index contributed by atoms with van der Waals surface area (Å²) in [7, 11) is 0. The van der Waals surface area contributed by atoms with E-state index in [0.717, 1.165) is 42.7 Å². The van der Waals surface area contributed by atoms with Gasteiger partial charge in [-0.05, 0) is 54.8 Å². The Morgan fingerprint density at radius 2 is 1.57 bits per heavy atom. The lowest BCUT2D eigenvalue weighted by molar-refractivity contribution is -0.123. The van der Waals surface area contributed by atoms with E-state index in [4.69, 9.17) is 5.73 Å². The standard InChI is InChI=1S/C23H28N4O3/c1-16(28)25-20-8-4-17(5-9-20)13-22(29)26-21-10-6-18(7-11-21)14-27-12-2-3-19(15-27)23(24)30/h4-11,19H,2-3,12-15H2,1H3,(H2,24,30)(H,25,28)(H,26,29). The fourth-order valence-electron chi connectivity index (χ4n) is 3.68. The molecule has 1 atom stereocenters. The van der Waals surface area contributed by atoms with Gasteiger partial charge in [-0.2, -0.15) is 0 Å². The number of carbonyl (C=O) groups excluding carboxylic acids is 3. The normalized spacial score (nSPS) is 16.6. The largest absolute Gasteiger partial charge is 0.369 e. The fourth-order valence-corrected chi connectivity index (χ4v) is 3.68. The van der Waals surface area contributed by atoms with E-state index >= 15 is 0 Å². The Morgan fingerprint density at radius 1 is 0.967 bits per heavy atom. The van der Waals surface area contributed by atoms with Crippen molar-refractivity contribution in [2.75, 3.05) is 23.7 Å². The maximum absolute atomic E-state index is 12.3. The summed E-state index contributed by atoms with van der Waals surface area (Å²) in [6.45, 7) is 3.88. The second-order valence-corrected chi connectivity index (χ2v) is 7.78. The van der Waals surface area contributed by atoms with E-state index in [0.29, 0.717) is 12.2 Å². The average Bonchev–Trinajstić information content (AvgIpc) is 2.71. The molecule has 2 aromatic carbocycles. The van der Waals surface area contributed by atoms with Crippen LogP contribution < -0.4 is 16.4 Å². The molecule has 0 aromatic heterocycles. The molecule has 1 fully saturated rings. The number of benzene rings is 2. The zero-order valence-electron chi connectivity index (χ0n) is 17.2. The SMILES string of the molecule is CC(=O)Nc1ccc(CC(=O)Nc2ccc(CN3CCCC(C(N)=O)C3)cc2)cc1. The molecule has 0 bridgehead atoms. The number of anilines is 2. The second-order valence-electron chi connectivity index (χ2n) is 7.78. The highest BCUT2D eigenvalue weighted by atomic mass is 16.2. The maximum atomic E-state index is 12.3. The Balaban J connectivity index is 1.49. The molecule has 0 saturated carbocycles. The molecule has 1 heterocycles. The van der Waals surface area contributed by atoms with E-state index in [-0.39, 0.29) is 30.1 Å². The molecule has 158 valence electrons. The molecule has 0 spiro atoms. The van der Waals surface area contributed by atoms with Crippen molar-refractivity contribution in [2.45, 2.75) is 32.7 Å². The van der Waals surface area contributed by atoms with Crippen LogP contribution in [0.3, 0.4) is 0 Å². The number of carbonyl (C=O) groups is 3. The number of nitrogens with zero attached hydrogens (tertiary/aromatic N) is 1. The van der Waals surface area contributed by atoms with E-state index in [2.05, 4.69) is 15.5 Å². The van der Waals surface area contributed by atoms with Crippen LogP contribution in [0.4, 0.5) is 11.4 Å². The number of nitrogens with one attached hydrogen (secondary N) is 2. The molecule has 1 unspecified atom stereocenters. The summed E-state index contributed by atoms with van der Waals surface area (Å²) in [5, 5.41) is 5.61. The molecular weight excluding hydrogens is 380 g/mol. The van der Waals surface area contributed by atoms with E-state index in [1.165, 1.54) is 6.92 Å². The van der Waals surface area contributed by atoms with Crippen LogP contribution in [0.5, 0.6) is 0 Å². The third-order valence-corrected chi connectivity index (χ3v) is 5.19. The lowest BCUT2D eigenvalue weighted by Crippen LogP contribution is -2.40. The molecule has 3 rings (SSSR count). The van der Waals surface area contributed by atoms with Crippen molar-refractivity contribution in [1.29, 1.82) is 0 Å². The van der Waals surface area contributed by atoms with Crippen molar-refractivity contribution in [1.82, 2.24) is 4.90 Å². The van der Waals surface area contributed by atoms with Crippen LogP contribution in [0.15, 0.2) is 48.5 Å². The Morgan fingerprint density at radius 3 is 2.17 bits per heavy atom. The summed E-state index contributed by atoms with van der Waals surface area (Å²) in [5.74, 6) is -0.514. The second kappa shape index (κ2) is 10.0. The van der Waals surface area contributed by atoms with Gasteiger partial charge in [-0.25, -0.2) is 0 Å². The van der Waals surface area contributed by atoms with Crippen molar-refractivity contribution in [2.24, 2.45) is 11.7 Å². The molecule has 7 nitrogen and oxygen atoms in total. The van der Waals surface area contributed by atoms with Crippen LogP contribution >= 0.6 is 0 Å². The highest BCUT2D eigenvalue weighted by molar-refractivity contribution is 5.92. The minimum absolute atomic E-state index is 0.0652. The third kappa shape index (κ3) is 6.42. The molecule has 30 heavy (non-hydrogen) atoms. The molecule has 0 radical (unpaired) electrons. The molecule has 2 aromatic rings. The number of hydrogen-bond donors (Lipinski definition) is 3. The molecule has 0 aliphatic carbocycles. The van der Waals surface area contributed by atoms with Crippen molar-refractivity contribution >= 4 is 29.1 Å². The zero-order chi connectivity index (χ0) is 21.5. The first-order chi connectivity index (χ1) is 14.4. The quantitative estimate of drug-likeness (QED) is 0.655. The minimum Gasteiger partial charge on any atom is -0.369 e. The van der Waals surface area contributed by atoms with E-state index in [1.807, 2.05) is 36.4 Å². The van der Waals surface area contributed by atoms with Crippen molar-refractivity contribution < 1.29 is 14.4 Å². The van der Waals surface area contributed by atoms with Gasteiger partial charge in [-0.1, -0.05) is 24.3 Å². The molecule has 7 heteroatoms. The first-order valence-corrected chi connectivity index (χ1v) is 10.2. The Hall–Kier alpha value is -3.19. The maximum Gasteiger partial charge on any atom is 0.228 e. The number of likely N-dealkylation sites (tertiary alicyclic amines) is 1. The van der Waals surface area contributed by atoms with Crippen molar-refractivity contribution in [3.8, 4) is 0 Å². The Labute approximate surface area is 176 Å². The Bertz CT molecular complexity index is 894. The monoisotopic (exact) mass is 408 g/mol. The van der Waals surface area contributed by atoms with Gasteiger partial charge in [0.15, 0.2) is 0 Å². The fraction of sp³-hybridized carbons (Fsp3) is 0.348. The number of piperidine rings is 1. The van der Waals surface area contributed by atoms with Gasteiger partial charge in [0.25, 0.3) is 0 Å². The van der Waals surface area contributed by atoms with Crippen LogP contribution in [0.25, 0.3) is 0 Å². The first-order valence-electron chi connectivity index (χ1n) is 10.2. The predicted octanol–water partition coefficient (Wildman–Crippen LogP) is 2.52. The van der Waals surface area contributed by atoms with Crippen molar-refractivity contribution in [3.63, 3.8) is 0 Å². The highest BCUT2D eigenvalue weighted by Crippen LogP contribution is 2.19. The summed E-state index contributed by atoms with van der Waals surface area (Å²) in [6.07, 6.45) is 2.10. The van der Waals surface area contributed by atoms with Gasteiger partial charge in [0.2, 0.25) is 17.7 Å². The van der Waals surface area contributed by atoms with Gasteiger partial charge in [-0.3, -0.25) is 19.3 Å². The van der Waals surface area contributed by atoms with Gasteiger partial charge in [-0.15, -0.1) is 0 Å². The molecule has 4 N–H and O–H groups in total. The molecule has 1 aliphatic heterocycles. The summed E-state index contributed by atoms with van der Waals surface area (Å²) in [4.78, 5) is 37.0. The van der Waals surface area contributed by atoms with E-state index in [9.17, 15) is 14.4 Å². The number of rotatable bonds is 7. The number of amides is 3. The topological polar surface area (TPSA) is 105 Å². The molecular formula is C23H28N4O3. The van der Waals surface area contributed by atoms with Crippen LogP contribution in [0.1, 0.15) is 30.9 Å². The summed E-state index contributed by atoms with van der Waals surface area (Å²) in [6, 6.07) is 15.0. The predicted molar refractivity (Wildman–Crippen MR) is 117 cm³/mol. The van der Waals surface area contributed by atoms with Gasteiger partial charge < -0.3 is 16.4 Å². The number of nitrogens with two attached hydrogens (primary N) is 1. The summed E-state index contributed by atoms with van der Waals surface area (Å²) >= 11 is 0. The first kappa shape index (κ1) is 21.5.